The molecule has 1 rings (SSSR count). The van der Waals surface area contributed by atoms with Gasteiger partial charge in [-0.25, -0.2) is 4.79 Å². The summed E-state index contributed by atoms with van der Waals surface area (Å²) in [7, 11) is 1.66. The zero-order valence-corrected chi connectivity index (χ0v) is 10.7. The average Bonchev–Trinajstić information content (AvgIpc) is 2.72. The summed E-state index contributed by atoms with van der Waals surface area (Å²) in [4.78, 5) is 13.5. The van der Waals surface area contributed by atoms with Gasteiger partial charge in [0.1, 0.15) is 5.82 Å². The molecule has 0 atom stereocenters. The third-order valence-corrected chi connectivity index (χ3v) is 2.60. The molecule has 8 nitrogen and oxygen atoms in total. The van der Waals surface area contributed by atoms with Crippen LogP contribution in [0.2, 0.25) is 0 Å². The van der Waals surface area contributed by atoms with Crippen molar-refractivity contribution < 1.29 is 10.0 Å². The zero-order chi connectivity index (χ0) is 13.7. The van der Waals surface area contributed by atoms with E-state index < -0.39 is 0 Å². The number of carbonyl (C=O) groups is 1. The molecule has 0 radical (unpaired) electrons. The van der Waals surface area contributed by atoms with Crippen molar-refractivity contribution >= 4 is 17.7 Å². The highest BCUT2D eigenvalue weighted by Gasteiger charge is 2.17. The molecule has 4 N–H and O–H groups in total. The molecule has 0 unspecified atom stereocenters. The van der Waals surface area contributed by atoms with Crippen LogP contribution in [0.4, 0.5) is 10.6 Å². The topological polar surface area (TPSA) is 109 Å². The largest absolute Gasteiger partial charge is 0.409 e. The van der Waals surface area contributed by atoms with Crippen molar-refractivity contribution in [2.45, 2.75) is 13.8 Å². The van der Waals surface area contributed by atoms with E-state index in [-0.39, 0.29) is 11.9 Å². The minimum Gasteiger partial charge on any atom is -0.409 e. The smallest absolute Gasteiger partial charge is 0.322 e. The van der Waals surface area contributed by atoms with Gasteiger partial charge in [0, 0.05) is 20.1 Å². The molecular weight excluding hydrogens is 236 g/mol. The lowest BCUT2D eigenvalue weighted by molar-refractivity contribution is 0.217. The van der Waals surface area contributed by atoms with Crippen molar-refractivity contribution in [1.82, 2.24) is 14.7 Å². The highest BCUT2D eigenvalue weighted by molar-refractivity contribution is 6.04. The Hall–Kier alpha value is -2.25. The molecule has 0 aliphatic rings. The maximum Gasteiger partial charge on any atom is 0.322 e. The van der Waals surface area contributed by atoms with E-state index in [0.717, 1.165) is 0 Å². The van der Waals surface area contributed by atoms with Gasteiger partial charge in [-0.2, -0.15) is 5.10 Å². The molecule has 1 aromatic rings. The Morgan fingerprint density at radius 3 is 2.72 bits per heavy atom. The number of carbonyl (C=O) groups excluding carboxylic acids is 1. The van der Waals surface area contributed by atoms with Crippen molar-refractivity contribution in [3.8, 4) is 0 Å². The number of nitrogens with one attached hydrogen (secondary N) is 1. The minimum atomic E-state index is -0.254. The maximum absolute atomic E-state index is 11.9. The van der Waals surface area contributed by atoms with Crippen LogP contribution < -0.4 is 11.1 Å². The zero-order valence-electron chi connectivity index (χ0n) is 10.7. The summed E-state index contributed by atoms with van der Waals surface area (Å²) in [6, 6.07) is -0.254. The highest BCUT2D eigenvalue weighted by atomic mass is 16.4. The Morgan fingerprint density at radius 2 is 2.22 bits per heavy atom. The molecule has 1 aromatic heterocycles. The molecular formula is C10H18N6O2. The summed E-state index contributed by atoms with van der Waals surface area (Å²) < 4.78 is 1.45. The van der Waals surface area contributed by atoms with Crippen LogP contribution in [0, 0.1) is 0 Å². The summed E-state index contributed by atoms with van der Waals surface area (Å²) in [5.74, 6) is 0.292. The van der Waals surface area contributed by atoms with Gasteiger partial charge in [0.15, 0.2) is 5.84 Å². The predicted molar refractivity (Wildman–Crippen MR) is 67.7 cm³/mol. The van der Waals surface area contributed by atoms with Crippen LogP contribution in [0.5, 0.6) is 0 Å². The van der Waals surface area contributed by atoms with E-state index in [1.54, 1.807) is 11.9 Å². The number of aromatic nitrogens is 2. The number of nitrogens with two attached hydrogens (primary N) is 1. The average molecular weight is 254 g/mol. The fourth-order valence-electron chi connectivity index (χ4n) is 1.52. The summed E-state index contributed by atoms with van der Waals surface area (Å²) in [5, 5.41) is 18.2. The van der Waals surface area contributed by atoms with Gasteiger partial charge >= 0.3 is 6.03 Å². The number of hydrogen-bond acceptors (Lipinski definition) is 4. The second kappa shape index (κ2) is 5.89. The summed E-state index contributed by atoms with van der Waals surface area (Å²) in [6.07, 6.45) is 1.42. The monoisotopic (exact) mass is 254 g/mol. The van der Waals surface area contributed by atoms with E-state index in [0.29, 0.717) is 24.5 Å². The van der Waals surface area contributed by atoms with Crippen molar-refractivity contribution in [2.75, 3.05) is 18.4 Å². The molecule has 0 fully saturated rings. The first-order valence-electron chi connectivity index (χ1n) is 5.60. The van der Waals surface area contributed by atoms with Crippen LogP contribution in [0.3, 0.4) is 0 Å². The SMILES string of the molecule is CCN(CC)C(=O)Nc1c(/C(N)=N/O)cnn1C. The van der Waals surface area contributed by atoms with Crippen molar-refractivity contribution in [3.63, 3.8) is 0 Å². The number of rotatable bonds is 4. The van der Waals surface area contributed by atoms with E-state index in [2.05, 4.69) is 15.6 Å². The van der Waals surface area contributed by atoms with E-state index in [4.69, 9.17) is 10.9 Å². The highest BCUT2D eigenvalue weighted by Crippen LogP contribution is 2.14. The fourth-order valence-corrected chi connectivity index (χ4v) is 1.52. The minimum absolute atomic E-state index is 0.0991. The lowest BCUT2D eigenvalue weighted by Gasteiger charge is -2.19. The Kier molecular flexibility index (Phi) is 4.52. The first-order chi connectivity index (χ1) is 8.54. The van der Waals surface area contributed by atoms with Crippen LogP contribution in [0.15, 0.2) is 11.4 Å². The first kappa shape index (κ1) is 13.8. The summed E-state index contributed by atoms with van der Waals surface area (Å²) >= 11 is 0. The number of oxime groups is 1. The molecule has 1 heterocycles. The normalized spacial score (nSPS) is 11.4. The van der Waals surface area contributed by atoms with Gasteiger partial charge in [0.2, 0.25) is 0 Å². The first-order valence-corrected chi connectivity index (χ1v) is 5.60. The molecule has 8 heteroatoms. The number of anilines is 1. The van der Waals surface area contributed by atoms with E-state index in [1.165, 1.54) is 10.9 Å². The maximum atomic E-state index is 11.9. The Labute approximate surface area is 105 Å². The number of amides is 2. The number of urea groups is 1. The number of nitrogens with zero attached hydrogens (tertiary/aromatic N) is 4. The molecule has 0 bridgehead atoms. The molecule has 0 spiro atoms. The number of amidine groups is 1. The summed E-state index contributed by atoms with van der Waals surface area (Å²) in [5.41, 5.74) is 5.88. The van der Waals surface area contributed by atoms with E-state index in [1.807, 2.05) is 13.8 Å². The second-order valence-corrected chi connectivity index (χ2v) is 3.62. The van der Waals surface area contributed by atoms with Crippen LogP contribution in [0.1, 0.15) is 19.4 Å². The molecule has 0 aliphatic heterocycles. The van der Waals surface area contributed by atoms with Crippen molar-refractivity contribution in [1.29, 1.82) is 0 Å². The molecule has 0 saturated carbocycles. The fraction of sp³-hybridized carbons (Fsp3) is 0.500. The second-order valence-electron chi connectivity index (χ2n) is 3.62. The van der Waals surface area contributed by atoms with Gasteiger partial charge in [0.25, 0.3) is 0 Å². The third kappa shape index (κ3) is 2.70. The van der Waals surface area contributed by atoms with Crippen molar-refractivity contribution in [2.24, 2.45) is 17.9 Å². The molecule has 2 amide bonds. The molecule has 0 aliphatic carbocycles. The van der Waals surface area contributed by atoms with Gasteiger partial charge < -0.3 is 15.8 Å². The standard InChI is InChI=1S/C10H18N6O2/c1-4-16(5-2)10(17)13-9-7(8(11)14-18)6-12-15(9)3/h6,18H,4-5H2,1-3H3,(H2,11,14)(H,13,17). The van der Waals surface area contributed by atoms with Crippen molar-refractivity contribution in [3.05, 3.63) is 11.8 Å². The van der Waals surface area contributed by atoms with Crippen LogP contribution >= 0.6 is 0 Å². The van der Waals surface area contributed by atoms with E-state index >= 15 is 0 Å². The quantitative estimate of drug-likeness (QED) is 0.312. The lowest BCUT2D eigenvalue weighted by atomic mass is 10.3. The van der Waals surface area contributed by atoms with Gasteiger partial charge in [-0.15, -0.1) is 0 Å². The van der Waals surface area contributed by atoms with E-state index in [9.17, 15) is 4.79 Å². The Bertz CT molecular complexity index is 449. The summed E-state index contributed by atoms with van der Waals surface area (Å²) in [6.45, 7) is 4.96. The molecule has 0 saturated heterocycles. The van der Waals surface area contributed by atoms with Crippen LogP contribution in [0.25, 0.3) is 0 Å². The van der Waals surface area contributed by atoms with Crippen LogP contribution in [-0.2, 0) is 7.05 Å². The van der Waals surface area contributed by atoms with Crippen LogP contribution in [-0.4, -0.2) is 44.8 Å². The van der Waals surface area contributed by atoms with Gasteiger partial charge in [-0.05, 0) is 13.8 Å². The van der Waals surface area contributed by atoms with Gasteiger partial charge in [-0.1, -0.05) is 5.16 Å². The number of hydrogen-bond donors (Lipinski definition) is 3. The predicted octanol–water partition coefficient (Wildman–Crippen LogP) is 0.388. The third-order valence-electron chi connectivity index (χ3n) is 2.60. The molecule has 0 aromatic carbocycles. The lowest BCUT2D eigenvalue weighted by Crippen LogP contribution is -2.35. The van der Waals surface area contributed by atoms with Gasteiger partial charge in [-0.3, -0.25) is 10.00 Å². The van der Waals surface area contributed by atoms with Gasteiger partial charge in [0.05, 0.1) is 11.8 Å². The number of aryl methyl sites for hydroxylation is 1. The molecule has 100 valence electrons. The molecule has 18 heavy (non-hydrogen) atoms. The Morgan fingerprint density at radius 1 is 1.61 bits per heavy atom. The Balaban J connectivity index is 2.97.